The van der Waals surface area contributed by atoms with E-state index in [9.17, 15) is 0 Å². The summed E-state index contributed by atoms with van der Waals surface area (Å²) in [6.07, 6.45) is 0. The minimum atomic E-state index is 0.784. The van der Waals surface area contributed by atoms with Gasteiger partial charge in [-0.05, 0) is 49.6 Å². The van der Waals surface area contributed by atoms with Crippen molar-refractivity contribution in [3.05, 3.63) is 32.7 Å². The molecule has 0 aromatic heterocycles. The van der Waals surface area contributed by atoms with Crippen LogP contribution in [0.3, 0.4) is 0 Å². The quantitative estimate of drug-likeness (QED) is 0.747. The normalized spacial score (nSPS) is 9.90. The maximum Gasteiger partial charge on any atom is 0.0320 e. The van der Waals surface area contributed by atoms with E-state index in [0.29, 0.717) is 0 Å². The molecule has 1 rings (SSSR count). The van der Waals surface area contributed by atoms with Gasteiger partial charge in [0.05, 0.1) is 0 Å². The van der Waals surface area contributed by atoms with Crippen LogP contribution in [-0.2, 0) is 5.75 Å². The standard InChI is InChI=1S/C7H6Br2S/c8-6-2-1-5(4-10)3-7(6)9/h1-3,10H,4H2. The molecule has 0 nitrogen and oxygen atoms in total. The van der Waals surface area contributed by atoms with Crippen LogP contribution in [0.4, 0.5) is 0 Å². The molecule has 0 N–H and O–H groups in total. The summed E-state index contributed by atoms with van der Waals surface area (Å²) in [5.41, 5.74) is 1.22. The first-order chi connectivity index (χ1) is 4.74. The molecule has 0 radical (unpaired) electrons. The zero-order valence-corrected chi connectivity index (χ0v) is 9.21. The monoisotopic (exact) mass is 280 g/mol. The maximum atomic E-state index is 4.16. The topological polar surface area (TPSA) is 0 Å². The van der Waals surface area contributed by atoms with Crippen molar-refractivity contribution >= 4 is 44.5 Å². The van der Waals surface area contributed by atoms with E-state index in [1.54, 1.807) is 0 Å². The number of thiol groups is 1. The fourth-order valence-electron chi connectivity index (χ4n) is 0.638. The van der Waals surface area contributed by atoms with E-state index in [0.717, 1.165) is 14.7 Å². The van der Waals surface area contributed by atoms with Gasteiger partial charge in [0, 0.05) is 14.7 Å². The molecule has 0 aliphatic heterocycles. The predicted octanol–water partition coefficient (Wildman–Crippen LogP) is 3.64. The molecule has 1 aromatic carbocycles. The highest BCUT2D eigenvalue weighted by Gasteiger charge is 1.95. The average Bonchev–Trinajstić information content (AvgIpc) is 1.95. The lowest BCUT2D eigenvalue weighted by atomic mass is 10.2. The van der Waals surface area contributed by atoms with Gasteiger partial charge in [-0.15, -0.1) is 0 Å². The molecule has 0 spiro atoms. The Bertz CT molecular complexity index is 235. The molecule has 0 saturated heterocycles. The van der Waals surface area contributed by atoms with Crippen molar-refractivity contribution in [3.8, 4) is 0 Å². The minimum Gasteiger partial charge on any atom is -0.175 e. The van der Waals surface area contributed by atoms with E-state index in [4.69, 9.17) is 0 Å². The second-order valence-electron chi connectivity index (χ2n) is 1.91. The predicted molar refractivity (Wildman–Crippen MR) is 54.5 cm³/mol. The molecule has 1 aromatic rings. The molecule has 0 saturated carbocycles. The van der Waals surface area contributed by atoms with Gasteiger partial charge in [0.1, 0.15) is 0 Å². The molecule has 0 bridgehead atoms. The number of rotatable bonds is 1. The van der Waals surface area contributed by atoms with Gasteiger partial charge in [0.15, 0.2) is 0 Å². The molecule has 3 heteroatoms. The molecule has 0 amide bonds. The first-order valence-corrected chi connectivity index (χ1v) is 5.00. The second kappa shape index (κ2) is 3.79. The number of hydrogen-bond acceptors (Lipinski definition) is 1. The molecule has 10 heavy (non-hydrogen) atoms. The largest absolute Gasteiger partial charge is 0.175 e. The fraction of sp³-hybridized carbons (Fsp3) is 0.143. The van der Waals surface area contributed by atoms with Crippen LogP contribution < -0.4 is 0 Å². The number of benzene rings is 1. The van der Waals surface area contributed by atoms with Crippen LogP contribution in [-0.4, -0.2) is 0 Å². The van der Waals surface area contributed by atoms with Crippen molar-refractivity contribution in [2.24, 2.45) is 0 Å². The lowest BCUT2D eigenvalue weighted by molar-refractivity contribution is 1.39. The summed E-state index contributed by atoms with van der Waals surface area (Å²) in [5.74, 6) is 0.784. The molecule has 0 heterocycles. The molecular formula is C7H6Br2S. The third-order valence-electron chi connectivity index (χ3n) is 1.17. The average molecular weight is 282 g/mol. The number of halogens is 2. The van der Waals surface area contributed by atoms with E-state index in [-0.39, 0.29) is 0 Å². The summed E-state index contributed by atoms with van der Waals surface area (Å²) >= 11 is 10.9. The Hall–Kier alpha value is 0.530. The van der Waals surface area contributed by atoms with Gasteiger partial charge in [0.2, 0.25) is 0 Å². The van der Waals surface area contributed by atoms with Crippen molar-refractivity contribution in [2.75, 3.05) is 0 Å². The molecule has 54 valence electrons. The lowest BCUT2D eigenvalue weighted by Gasteiger charge is -1.98. The first kappa shape index (κ1) is 8.62. The van der Waals surface area contributed by atoms with E-state index < -0.39 is 0 Å². The van der Waals surface area contributed by atoms with Crippen LogP contribution in [0.5, 0.6) is 0 Å². The van der Waals surface area contributed by atoms with Crippen molar-refractivity contribution in [3.63, 3.8) is 0 Å². The molecule has 0 aliphatic carbocycles. The second-order valence-corrected chi connectivity index (χ2v) is 3.93. The third-order valence-corrected chi connectivity index (χ3v) is 3.41. The summed E-state index contributed by atoms with van der Waals surface area (Å²) < 4.78 is 2.16. The fourth-order valence-corrected chi connectivity index (χ4v) is 1.51. The highest BCUT2D eigenvalue weighted by atomic mass is 79.9. The van der Waals surface area contributed by atoms with Crippen molar-refractivity contribution in [1.29, 1.82) is 0 Å². The van der Waals surface area contributed by atoms with Crippen LogP contribution in [0.15, 0.2) is 27.1 Å². The Morgan fingerprint density at radius 1 is 1.20 bits per heavy atom. The Balaban J connectivity index is 3.04. The van der Waals surface area contributed by atoms with Crippen LogP contribution in [0.25, 0.3) is 0 Å². The van der Waals surface area contributed by atoms with Gasteiger partial charge >= 0.3 is 0 Å². The van der Waals surface area contributed by atoms with Gasteiger partial charge in [-0.1, -0.05) is 6.07 Å². The van der Waals surface area contributed by atoms with Crippen LogP contribution in [0, 0.1) is 0 Å². The SMILES string of the molecule is SCc1ccc(Br)c(Br)c1. The third kappa shape index (κ3) is 2.01. The van der Waals surface area contributed by atoms with Crippen molar-refractivity contribution < 1.29 is 0 Å². The van der Waals surface area contributed by atoms with Gasteiger partial charge in [-0.25, -0.2) is 0 Å². The summed E-state index contributed by atoms with van der Waals surface area (Å²) in [6.45, 7) is 0. The highest BCUT2D eigenvalue weighted by molar-refractivity contribution is 9.13. The smallest absolute Gasteiger partial charge is 0.0320 e. The summed E-state index contributed by atoms with van der Waals surface area (Å²) in [7, 11) is 0. The van der Waals surface area contributed by atoms with Crippen LogP contribution in [0.1, 0.15) is 5.56 Å². The van der Waals surface area contributed by atoms with Gasteiger partial charge < -0.3 is 0 Å². The Morgan fingerprint density at radius 3 is 2.40 bits per heavy atom. The molecule has 0 fully saturated rings. The van der Waals surface area contributed by atoms with E-state index in [1.807, 2.05) is 12.1 Å². The van der Waals surface area contributed by atoms with Gasteiger partial charge in [-0.2, -0.15) is 12.6 Å². The molecular weight excluding hydrogens is 276 g/mol. The Morgan fingerprint density at radius 2 is 1.90 bits per heavy atom. The van der Waals surface area contributed by atoms with E-state index >= 15 is 0 Å². The van der Waals surface area contributed by atoms with Crippen molar-refractivity contribution in [2.45, 2.75) is 5.75 Å². The Kier molecular flexibility index (Phi) is 3.27. The van der Waals surface area contributed by atoms with Gasteiger partial charge in [0.25, 0.3) is 0 Å². The molecule has 0 unspecified atom stereocenters. The zero-order chi connectivity index (χ0) is 7.56. The zero-order valence-electron chi connectivity index (χ0n) is 5.14. The Labute approximate surface area is 82.7 Å². The van der Waals surface area contributed by atoms with E-state index in [1.165, 1.54) is 5.56 Å². The lowest BCUT2D eigenvalue weighted by Crippen LogP contribution is -1.77. The molecule has 0 atom stereocenters. The van der Waals surface area contributed by atoms with E-state index in [2.05, 4.69) is 50.6 Å². The highest BCUT2D eigenvalue weighted by Crippen LogP contribution is 2.24. The minimum absolute atomic E-state index is 0.784. The van der Waals surface area contributed by atoms with Crippen LogP contribution >= 0.6 is 44.5 Å². The summed E-state index contributed by atoms with van der Waals surface area (Å²) in [6, 6.07) is 6.11. The first-order valence-electron chi connectivity index (χ1n) is 2.79. The number of hydrogen-bond donors (Lipinski definition) is 1. The van der Waals surface area contributed by atoms with Gasteiger partial charge in [-0.3, -0.25) is 0 Å². The summed E-state index contributed by atoms with van der Waals surface area (Å²) in [4.78, 5) is 0. The van der Waals surface area contributed by atoms with Crippen LogP contribution in [0.2, 0.25) is 0 Å². The molecule has 0 aliphatic rings. The van der Waals surface area contributed by atoms with Crippen molar-refractivity contribution in [1.82, 2.24) is 0 Å². The summed E-state index contributed by atoms with van der Waals surface area (Å²) in [5, 5.41) is 0. The maximum absolute atomic E-state index is 4.16.